The highest BCUT2D eigenvalue weighted by molar-refractivity contribution is 5.78. The van der Waals surface area contributed by atoms with E-state index in [1.54, 1.807) is 0 Å². The van der Waals surface area contributed by atoms with E-state index in [9.17, 15) is 0 Å². The van der Waals surface area contributed by atoms with E-state index in [0.717, 1.165) is 26.1 Å². The van der Waals surface area contributed by atoms with Crippen LogP contribution >= 0.6 is 0 Å². The third kappa shape index (κ3) is 3.67. The molecule has 1 atom stereocenters. The minimum absolute atomic E-state index is 0.0882. The average Bonchev–Trinajstić information content (AvgIpc) is 2.15. The maximum absolute atomic E-state index is 6.05. The summed E-state index contributed by atoms with van der Waals surface area (Å²) in [6, 6.07) is 0.600. The third-order valence-corrected chi connectivity index (χ3v) is 3.02. The number of aliphatic imine (C=N–C) groups is 1. The third-order valence-electron chi connectivity index (χ3n) is 3.02. The van der Waals surface area contributed by atoms with Gasteiger partial charge in [-0.3, -0.25) is 4.90 Å². The summed E-state index contributed by atoms with van der Waals surface area (Å²) >= 11 is 0. The molecule has 4 nitrogen and oxygen atoms in total. The second-order valence-electron chi connectivity index (χ2n) is 5.63. The first-order chi connectivity index (χ1) is 7.33. The molecule has 16 heavy (non-hydrogen) atoms. The van der Waals surface area contributed by atoms with Crippen molar-refractivity contribution >= 4 is 5.96 Å². The summed E-state index contributed by atoms with van der Waals surface area (Å²) in [6.45, 7) is 11.5. The van der Waals surface area contributed by atoms with Crippen molar-refractivity contribution in [3.8, 4) is 0 Å². The summed E-state index contributed by atoms with van der Waals surface area (Å²) in [5.41, 5.74) is 5.97. The highest BCUT2D eigenvalue weighted by Gasteiger charge is 2.24. The molecule has 0 aliphatic carbocycles. The van der Waals surface area contributed by atoms with Crippen LogP contribution in [-0.2, 0) is 0 Å². The zero-order chi connectivity index (χ0) is 12.3. The van der Waals surface area contributed by atoms with Gasteiger partial charge in [-0.15, -0.1) is 0 Å². The number of nitrogens with two attached hydrogens (primary N) is 1. The van der Waals surface area contributed by atoms with Gasteiger partial charge in [-0.25, -0.2) is 4.99 Å². The van der Waals surface area contributed by atoms with E-state index in [4.69, 9.17) is 5.73 Å². The Morgan fingerprint density at radius 1 is 1.38 bits per heavy atom. The largest absolute Gasteiger partial charge is 0.370 e. The minimum Gasteiger partial charge on any atom is -0.370 e. The van der Waals surface area contributed by atoms with Gasteiger partial charge in [0.2, 0.25) is 0 Å². The Labute approximate surface area is 99.5 Å². The first kappa shape index (κ1) is 13.3. The molecule has 1 rings (SSSR count). The van der Waals surface area contributed by atoms with Gasteiger partial charge in [-0.2, -0.15) is 0 Å². The van der Waals surface area contributed by atoms with Gasteiger partial charge in [0.1, 0.15) is 0 Å². The molecule has 1 aliphatic heterocycles. The molecule has 0 spiro atoms. The molecule has 0 bridgehead atoms. The zero-order valence-corrected chi connectivity index (χ0v) is 11.3. The lowest BCUT2D eigenvalue weighted by atomic mass is 10.1. The van der Waals surface area contributed by atoms with Crippen LogP contribution in [0.25, 0.3) is 0 Å². The van der Waals surface area contributed by atoms with Crippen LogP contribution in [0.15, 0.2) is 4.99 Å². The van der Waals surface area contributed by atoms with Crippen molar-refractivity contribution in [2.45, 2.75) is 45.7 Å². The molecule has 0 aromatic carbocycles. The molecule has 94 valence electrons. The standard InChI is InChI=1S/C12H26N4/c1-6-10-9-16(8-7-15(10)5)11(13)14-12(2,3)4/h10H,6-9H2,1-5H3,(H2,13,14). The summed E-state index contributed by atoms with van der Waals surface area (Å²) in [6.07, 6.45) is 1.16. The molecule has 1 heterocycles. The van der Waals surface area contributed by atoms with Gasteiger partial charge >= 0.3 is 0 Å². The Morgan fingerprint density at radius 2 is 2.00 bits per heavy atom. The monoisotopic (exact) mass is 226 g/mol. The fourth-order valence-corrected chi connectivity index (χ4v) is 2.01. The van der Waals surface area contributed by atoms with Crippen molar-refractivity contribution in [3.63, 3.8) is 0 Å². The van der Waals surface area contributed by atoms with Gasteiger partial charge in [0, 0.05) is 25.7 Å². The fraction of sp³-hybridized carbons (Fsp3) is 0.917. The molecule has 0 radical (unpaired) electrons. The van der Waals surface area contributed by atoms with Gasteiger partial charge in [0.15, 0.2) is 5.96 Å². The predicted octanol–water partition coefficient (Wildman–Crippen LogP) is 1.13. The van der Waals surface area contributed by atoms with Crippen molar-refractivity contribution < 1.29 is 0 Å². The van der Waals surface area contributed by atoms with Crippen molar-refractivity contribution in [1.82, 2.24) is 9.80 Å². The number of hydrogen-bond acceptors (Lipinski definition) is 2. The second kappa shape index (κ2) is 5.04. The van der Waals surface area contributed by atoms with Crippen LogP contribution in [0, 0.1) is 0 Å². The molecule has 0 saturated carbocycles. The van der Waals surface area contributed by atoms with Crippen molar-refractivity contribution in [1.29, 1.82) is 0 Å². The number of piperazine rings is 1. The number of guanidine groups is 1. The Kier molecular flexibility index (Phi) is 4.19. The molecule has 1 saturated heterocycles. The molecule has 1 aliphatic rings. The summed E-state index contributed by atoms with van der Waals surface area (Å²) in [7, 11) is 2.18. The van der Waals surface area contributed by atoms with E-state index < -0.39 is 0 Å². The quantitative estimate of drug-likeness (QED) is 0.538. The summed E-state index contributed by atoms with van der Waals surface area (Å²) in [5, 5.41) is 0. The van der Waals surface area contributed by atoms with Crippen LogP contribution in [0.4, 0.5) is 0 Å². The highest BCUT2D eigenvalue weighted by atomic mass is 15.3. The van der Waals surface area contributed by atoms with Gasteiger partial charge in [0.05, 0.1) is 5.54 Å². The van der Waals surface area contributed by atoms with E-state index in [1.165, 1.54) is 0 Å². The van der Waals surface area contributed by atoms with Gasteiger partial charge in [-0.05, 0) is 34.2 Å². The molecule has 0 amide bonds. The first-order valence-corrected chi connectivity index (χ1v) is 6.14. The molecule has 0 aromatic rings. The minimum atomic E-state index is -0.0882. The number of hydrogen-bond donors (Lipinski definition) is 1. The van der Waals surface area contributed by atoms with Crippen LogP contribution in [0.2, 0.25) is 0 Å². The Hall–Kier alpha value is -0.770. The summed E-state index contributed by atoms with van der Waals surface area (Å²) < 4.78 is 0. The highest BCUT2D eigenvalue weighted by Crippen LogP contribution is 2.12. The molecule has 1 fully saturated rings. The van der Waals surface area contributed by atoms with Gasteiger partial charge in [0.25, 0.3) is 0 Å². The average molecular weight is 226 g/mol. The lowest BCUT2D eigenvalue weighted by Gasteiger charge is -2.40. The number of rotatable bonds is 1. The fourth-order valence-electron chi connectivity index (χ4n) is 2.01. The summed E-state index contributed by atoms with van der Waals surface area (Å²) in [4.78, 5) is 9.14. The van der Waals surface area contributed by atoms with Gasteiger partial charge in [-0.1, -0.05) is 6.92 Å². The molecular formula is C12H26N4. The maximum atomic E-state index is 6.05. The van der Waals surface area contributed by atoms with Crippen LogP contribution in [0.5, 0.6) is 0 Å². The van der Waals surface area contributed by atoms with Crippen molar-refractivity contribution in [2.75, 3.05) is 26.7 Å². The Morgan fingerprint density at radius 3 is 2.50 bits per heavy atom. The van der Waals surface area contributed by atoms with Crippen LogP contribution in [-0.4, -0.2) is 54.0 Å². The topological polar surface area (TPSA) is 44.9 Å². The molecule has 0 aromatic heterocycles. The SMILES string of the molecule is CCC1CN(C(N)=NC(C)(C)C)CCN1C. The number of nitrogens with zero attached hydrogens (tertiary/aromatic N) is 3. The first-order valence-electron chi connectivity index (χ1n) is 6.14. The normalized spacial score (nSPS) is 24.9. The van der Waals surface area contributed by atoms with Crippen LogP contribution in [0.1, 0.15) is 34.1 Å². The molecule has 1 unspecified atom stereocenters. The Balaban J connectivity index is 2.65. The summed E-state index contributed by atoms with van der Waals surface area (Å²) in [5.74, 6) is 0.694. The van der Waals surface area contributed by atoms with E-state index in [1.807, 2.05) is 0 Å². The zero-order valence-electron chi connectivity index (χ0n) is 11.3. The van der Waals surface area contributed by atoms with Crippen LogP contribution in [0.3, 0.4) is 0 Å². The number of likely N-dealkylation sites (N-methyl/N-ethyl adjacent to an activating group) is 1. The predicted molar refractivity (Wildman–Crippen MR) is 69.7 cm³/mol. The Bertz CT molecular complexity index is 254. The van der Waals surface area contributed by atoms with Gasteiger partial charge < -0.3 is 10.6 Å². The van der Waals surface area contributed by atoms with Crippen molar-refractivity contribution in [3.05, 3.63) is 0 Å². The van der Waals surface area contributed by atoms with E-state index in [0.29, 0.717) is 12.0 Å². The molecule has 2 N–H and O–H groups in total. The smallest absolute Gasteiger partial charge is 0.191 e. The van der Waals surface area contributed by atoms with E-state index >= 15 is 0 Å². The van der Waals surface area contributed by atoms with Crippen molar-refractivity contribution in [2.24, 2.45) is 10.7 Å². The lowest BCUT2D eigenvalue weighted by molar-refractivity contribution is 0.136. The van der Waals surface area contributed by atoms with E-state index in [-0.39, 0.29) is 5.54 Å². The lowest BCUT2D eigenvalue weighted by Crippen LogP contribution is -2.55. The van der Waals surface area contributed by atoms with E-state index in [2.05, 4.69) is 49.5 Å². The molecule has 4 heteroatoms. The second-order valence-corrected chi connectivity index (χ2v) is 5.63. The molecular weight excluding hydrogens is 200 g/mol. The maximum Gasteiger partial charge on any atom is 0.191 e. The van der Waals surface area contributed by atoms with Crippen LogP contribution < -0.4 is 5.73 Å².